The Hall–Kier alpha value is -3.33. The fraction of sp³-hybridized carbons (Fsp3) is 0.278. The lowest BCUT2D eigenvalue weighted by atomic mass is 10.2. The number of carbonyl (C=O) groups is 1. The molecule has 3 aromatic heterocycles. The molecule has 1 amide bonds. The number of aromatic nitrogens is 5. The summed E-state index contributed by atoms with van der Waals surface area (Å²) in [5.41, 5.74) is 2.40. The summed E-state index contributed by atoms with van der Waals surface area (Å²) < 4.78 is 6.46. The highest BCUT2D eigenvalue weighted by Gasteiger charge is 2.08. The van der Waals surface area contributed by atoms with E-state index in [1.807, 2.05) is 25.1 Å². The molecule has 0 saturated carbocycles. The molecule has 0 aliphatic carbocycles. The van der Waals surface area contributed by atoms with Gasteiger partial charge in [0, 0.05) is 49.6 Å². The highest BCUT2D eigenvalue weighted by molar-refractivity contribution is 5.75. The molecule has 9 nitrogen and oxygen atoms in total. The predicted molar refractivity (Wildman–Crippen MR) is 100 cm³/mol. The van der Waals surface area contributed by atoms with Gasteiger partial charge in [-0.25, -0.2) is 9.97 Å². The van der Waals surface area contributed by atoms with Crippen LogP contribution in [-0.4, -0.2) is 50.9 Å². The van der Waals surface area contributed by atoms with E-state index in [4.69, 9.17) is 4.74 Å². The van der Waals surface area contributed by atoms with Crippen molar-refractivity contribution in [3.8, 4) is 11.4 Å². The van der Waals surface area contributed by atoms with Crippen molar-refractivity contribution in [1.82, 2.24) is 30.0 Å². The number of methoxy groups -OCH3 is 1. The van der Waals surface area contributed by atoms with Gasteiger partial charge in [0.05, 0.1) is 18.5 Å². The summed E-state index contributed by atoms with van der Waals surface area (Å²) in [5, 5.41) is 10.1. The number of aryl methyl sites for hydroxylation is 1. The Morgan fingerprint density at radius 3 is 2.96 bits per heavy atom. The molecule has 3 rings (SSSR count). The highest BCUT2D eigenvalue weighted by atomic mass is 16.5. The topological polar surface area (TPSA) is 107 Å². The summed E-state index contributed by atoms with van der Waals surface area (Å²) in [6, 6.07) is 5.59. The molecule has 0 aromatic carbocycles. The molecular weight excluding hydrogens is 346 g/mol. The SMILES string of the molecule is COCCNC(=O)Cn1cc(Nc2cc(C)nc(-c3cccnc3)n2)cn1. The van der Waals surface area contributed by atoms with Gasteiger partial charge in [-0.15, -0.1) is 0 Å². The van der Waals surface area contributed by atoms with Gasteiger partial charge in [0.15, 0.2) is 5.82 Å². The van der Waals surface area contributed by atoms with E-state index in [1.54, 1.807) is 36.6 Å². The number of nitrogens with zero attached hydrogens (tertiary/aromatic N) is 5. The first-order valence-corrected chi connectivity index (χ1v) is 8.45. The smallest absolute Gasteiger partial charge is 0.241 e. The maximum Gasteiger partial charge on any atom is 0.241 e. The Kier molecular flexibility index (Phi) is 6.06. The zero-order chi connectivity index (χ0) is 19.1. The minimum atomic E-state index is -0.126. The van der Waals surface area contributed by atoms with Gasteiger partial charge in [-0.05, 0) is 19.1 Å². The van der Waals surface area contributed by atoms with Crippen molar-refractivity contribution in [3.63, 3.8) is 0 Å². The number of anilines is 2. The monoisotopic (exact) mass is 367 g/mol. The van der Waals surface area contributed by atoms with Crippen LogP contribution in [0.25, 0.3) is 11.4 Å². The summed E-state index contributed by atoms with van der Waals surface area (Å²) in [6.45, 7) is 2.98. The van der Waals surface area contributed by atoms with Crippen molar-refractivity contribution in [2.45, 2.75) is 13.5 Å². The second-order valence-electron chi connectivity index (χ2n) is 5.85. The third-order valence-corrected chi connectivity index (χ3v) is 3.61. The van der Waals surface area contributed by atoms with Gasteiger partial charge >= 0.3 is 0 Å². The van der Waals surface area contributed by atoms with Gasteiger partial charge in [0.1, 0.15) is 12.4 Å². The summed E-state index contributed by atoms with van der Waals surface area (Å²) in [5.74, 6) is 1.11. The number of hydrogen-bond donors (Lipinski definition) is 2. The molecule has 140 valence electrons. The predicted octanol–water partition coefficient (Wildman–Crippen LogP) is 1.55. The van der Waals surface area contributed by atoms with Crippen LogP contribution in [0.4, 0.5) is 11.5 Å². The molecule has 0 aliphatic heterocycles. The van der Waals surface area contributed by atoms with Crippen molar-refractivity contribution in [3.05, 3.63) is 48.7 Å². The van der Waals surface area contributed by atoms with Crippen molar-refractivity contribution in [1.29, 1.82) is 0 Å². The molecular formula is C18H21N7O2. The number of rotatable bonds is 8. The normalized spacial score (nSPS) is 10.6. The van der Waals surface area contributed by atoms with Crippen molar-refractivity contribution in [2.75, 3.05) is 25.6 Å². The standard InChI is InChI=1S/C18H21N7O2/c1-13-8-16(24-18(22-13)14-4-3-5-19-9-14)23-15-10-21-25(11-15)12-17(26)20-6-7-27-2/h3-5,8-11H,6-7,12H2,1-2H3,(H,20,26)(H,22,23,24). The van der Waals surface area contributed by atoms with E-state index >= 15 is 0 Å². The van der Waals surface area contributed by atoms with Crippen LogP contribution in [0, 0.1) is 6.92 Å². The fourth-order valence-corrected chi connectivity index (χ4v) is 2.41. The molecule has 3 heterocycles. The van der Waals surface area contributed by atoms with E-state index in [0.29, 0.717) is 24.8 Å². The summed E-state index contributed by atoms with van der Waals surface area (Å²) >= 11 is 0. The molecule has 0 atom stereocenters. The first-order valence-electron chi connectivity index (χ1n) is 8.45. The molecule has 0 fully saturated rings. The molecule has 0 unspecified atom stereocenters. The Balaban J connectivity index is 1.67. The maximum absolute atomic E-state index is 11.8. The van der Waals surface area contributed by atoms with Gasteiger partial charge in [-0.2, -0.15) is 5.10 Å². The largest absolute Gasteiger partial charge is 0.383 e. The van der Waals surface area contributed by atoms with Crippen molar-refractivity contribution < 1.29 is 9.53 Å². The van der Waals surface area contributed by atoms with Crippen molar-refractivity contribution >= 4 is 17.4 Å². The van der Waals surface area contributed by atoms with E-state index in [-0.39, 0.29) is 12.5 Å². The lowest BCUT2D eigenvalue weighted by Gasteiger charge is -2.07. The maximum atomic E-state index is 11.8. The summed E-state index contributed by atoms with van der Waals surface area (Å²) in [4.78, 5) is 24.9. The minimum absolute atomic E-state index is 0.126. The quantitative estimate of drug-likeness (QED) is 0.582. The van der Waals surface area contributed by atoms with Gasteiger partial charge in [-0.1, -0.05) is 0 Å². The molecule has 9 heteroatoms. The van der Waals surface area contributed by atoms with E-state index in [0.717, 1.165) is 16.9 Å². The van der Waals surface area contributed by atoms with E-state index in [1.165, 1.54) is 0 Å². The highest BCUT2D eigenvalue weighted by Crippen LogP contribution is 2.19. The zero-order valence-electron chi connectivity index (χ0n) is 15.2. The number of ether oxygens (including phenoxy) is 1. The summed E-state index contributed by atoms with van der Waals surface area (Å²) in [6.07, 6.45) is 6.82. The molecule has 3 aromatic rings. The van der Waals surface area contributed by atoms with Gasteiger partial charge in [-0.3, -0.25) is 14.5 Å². The van der Waals surface area contributed by atoms with Crippen LogP contribution in [0.5, 0.6) is 0 Å². The summed E-state index contributed by atoms with van der Waals surface area (Å²) in [7, 11) is 1.59. The second-order valence-corrected chi connectivity index (χ2v) is 5.85. The van der Waals surface area contributed by atoms with E-state index in [9.17, 15) is 4.79 Å². The number of nitrogens with one attached hydrogen (secondary N) is 2. The van der Waals surface area contributed by atoms with Crippen LogP contribution in [-0.2, 0) is 16.1 Å². The Bertz CT molecular complexity index is 896. The van der Waals surface area contributed by atoms with E-state index < -0.39 is 0 Å². The Labute approximate surface area is 156 Å². The third-order valence-electron chi connectivity index (χ3n) is 3.61. The van der Waals surface area contributed by atoms with Gasteiger partial charge in [0.2, 0.25) is 5.91 Å². The van der Waals surface area contributed by atoms with Crippen LogP contribution < -0.4 is 10.6 Å². The third kappa shape index (κ3) is 5.32. The fourth-order valence-electron chi connectivity index (χ4n) is 2.41. The minimum Gasteiger partial charge on any atom is -0.383 e. The molecule has 0 saturated heterocycles. The number of pyridine rings is 1. The molecule has 0 spiro atoms. The first-order chi connectivity index (χ1) is 13.1. The lowest BCUT2D eigenvalue weighted by molar-refractivity contribution is -0.122. The Morgan fingerprint density at radius 1 is 1.30 bits per heavy atom. The van der Waals surface area contributed by atoms with Crippen LogP contribution in [0.15, 0.2) is 43.0 Å². The van der Waals surface area contributed by atoms with Crippen LogP contribution >= 0.6 is 0 Å². The average Bonchev–Trinajstić information content (AvgIpc) is 3.09. The van der Waals surface area contributed by atoms with Gasteiger partial charge < -0.3 is 15.4 Å². The number of hydrogen-bond acceptors (Lipinski definition) is 7. The molecule has 27 heavy (non-hydrogen) atoms. The molecule has 0 bridgehead atoms. The molecule has 2 N–H and O–H groups in total. The number of amides is 1. The Morgan fingerprint density at radius 2 is 2.19 bits per heavy atom. The van der Waals surface area contributed by atoms with Crippen molar-refractivity contribution in [2.24, 2.45) is 0 Å². The molecule has 0 radical (unpaired) electrons. The first kappa shape index (κ1) is 18.5. The molecule has 0 aliphatic rings. The van der Waals surface area contributed by atoms with Crippen LogP contribution in [0.2, 0.25) is 0 Å². The van der Waals surface area contributed by atoms with E-state index in [2.05, 4.69) is 30.7 Å². The van der Waals surface area contributed by atoms with Crippen LogP contribution in [0.1, 0.15) is 5.69 Å². The van der Waals surface area contributed by atoms with Crippen LogP contribution in [0.3, 0.4) is 0 Å². The zero-order valence-corrected chi connectivity index (χ0v) is 15.2. The average molecular weight is 367 g/mol. The van der Waals surface area contributed by atoms with Gasteiger partial charge in [0.25, 0.3) is 0 Å². The number of carbonyl (C=O) groups excluding carboxylic acids is 1. The second kappa shape index (κ2) is 8.86. The lowest BCUT2D eigenvalue weighted by Crippen LogP contribution is -2.30.